The summed E-state index contributed by atoms with van der Waals surface area (Å²) in [6.45, 7) is 27.0. The number of unbranched alkanes of at least 4 members (excludes halogenated alkanes) is 1. The van der Waals surface area contributed by atoms with Gasteiger partial charge in [0.2, 0.25) is 0 Å². The highest BCUT2D eigenvalue weighted by Crippen LogP contribution is 2.42. The zero-order valence-corrected chi connectivity index (χ0v) is 85.6. The van der Waals surface area contributed by atoms with Crippen LogP contribution in [0.25, 0.3) is 0 Å². The summed E-state index contributed by atoms with van der Waals surface area (Å²) in [6.07, 6.45) is 12.4. The molecule has 0 bridgehead atoms. The van der Waals surface area contributed by atoms with Crippen molar-refractivity contribution in [2.45, 2.75) is 246 Å². The van der Waals surface area contributed by atoms with Crippen LogP contribution in [0.5, 0.6) is 0 Å². The van der Waals surface area contributed by atoms with Gasteiger partial charge in [0, 0.05) is 46.1 Å². The summed E-state index contributed by atoms with van der Waals surface area (Å²) < 4.78 is 20.3. The molecule has 0 aromatic heterocycles. The Morgan fingerprint density at radius 3 is 0.942 bits per heavy atom. The van der Waals surface area contributed by atoms with Gasteiger partial charge in [0.15, 0.2) is 0 Å². The van der Waals surface area contributed by atoms with Crippen molar-refractivity contribution >= 4 is 23.7 Å². The molecule has 4 atom stereocenters. The molecule has 24 nitrogen and oxygen atoms in total. The molecule has 0 aliphatic rings. The number of Topliss-reactive ketones (excluding diaryl/α,β-unsaturated/α-hetero) is 1. The normalized spacial score (nSPS) is 13.0. The van der Waals surface area contributed by atoms with E-state index in [2.05, 4.69) is 139 Å². The minimum absolute atomic E-state index is 0.0886. The third-order valence-electron chi connectivity index (χ3n) is 27.3. The molecule has 754 valence electrons. The van der Waals surface area contributed by atoms with Crippen molar-refractivity contribution < 1.29 is 79.0 Å². The van der Waals surface area contributed by atoms with Crippen LogP contribution in [0.15, 0.2) is 170 Å². The smallest absolute Gasteiger partial charge is 0.338 e. The molecule has 0 spiro atoms. The SMILES string of the molecule is CCC(=O)Cc1cccc(CCN(C)CCCC(C#N)(c2ccc(CO)c(CO)c2)C(C)C)c1.CCCCOC(=O)c1cccc(CCN(C)CCCC(C#N)(c2ccc(CO)c(CO)c2)C(C)C)c1.COC(=O)c1ccccc1CCN(C)CCCC(C#N)(c1ccc(CO)c(CO)c1)C(C)C.COCCOC(=O)c1cccc(CCN(C)CCCC(C#N)(c2ccc(CO)c(CO)c2)C(C)C)c1. The lowest BCUT2D eigenvalue weighted by molar-refractivity contribution is -0.118. The summed E-state index contributed by atoms with van der Waals surface area (Å²) in [5, 5.41) is 118. The monoisotopic (exact) mass is 1910 g/mol. The Balaban J connectivity index is 0.000000327. The summed E-state index contributed by atoms with van der Waals surface area (Å²) >= 11 is 0. The molecule has 24 heteroatoms. The maximum absolute atomic E-state index is 12.2. The Morgan fingerprint density at radius 2 is 0.640 bits per heavy atom. The van der Waals surface area contributed by atoms with Crippen LogP contribution in [0.3, 0.4) is 0 Å². The molecular formula is C115H158N8O16. The van der Waals surface area contributed by atoms with Gasteiger partial charge in [0.25, 0.3) is 0 Å². The number of nitriles is 4. The van der Waals surface area contributed by atoms with E-state index in [1.807, 2.05) is 147 Å². The quantitative estimate of drug-likeness (QED) is 0.00997. The number of carbonyl (C=O) groups is 4. The fourth-order valence-electron chi connectivity index (χ4n) is 17.8. The fraction of sp³-hybridized carbons (Fsp3) is 0.513. The van der Waals surface area contributed by atoms with Gasteiger partial charge < -0.3 is 79.4 Å². The molecule has 0 heterocycles. The second-order valence-corrected chi connectivity index (χ2v) is 37.8. The number of hydrogen-bond acceptors (Lipinski definition) is 24. The molecule has 0 aliphatic carbocycles. The number of ketones is 1. The van der Waals surface area contributed by atoms with Gasteiger partial charge in [0.1, 0.15) is 12.4 Å². The number of methoxy groups -OCH3 is 2. The lowest BCUT2D eigenvalue weighted by Gasteiger charge is -2.33. The van der Waals surface area contributed by atoms with Crippen molar-refractivity contribution in [3.05, 3.63) is 281 Å². The number of ether oxygens (including phenoxy) is 4. The lowest BCUT2D eigenvalue weighted by atomic mass is 9.69. The molecule has 0 amide bonds. The van der Waals surface area contributed by atoms with Crippen molar-refractivity contribution in [2.75, 3.05) is 115 Å². The van der Waals surface area contributed by atoms with E-state index < -0.39 is 21.7 Å². The Labute approximate surface area is 828 Å². The number of benzene rings is 8. The average molecular weight is 1910 g/mol. The van der Waals surface area contributed by atoms with Gasteiger partial charge in [-0.2, -0.15) is 21.0 Å². The predicted octanol–water partition coefficient (Wildman–Crippen LogP) is 17.2. The molecule has 0 radical (unpaired) electrons. The van der Waals surface area contributed by atoms with E-state index in [0.717, 1.165) is 167 Å². The minimum Gasteiger partial charge on any atom is -0.465 e. The van der Waals surface area contributed by atoms with E-state index in [1.54, 1.807) is 31.4 Å². The first-order chi connectivity index (χ1) is 66.7. The molecule has 8 rings (SSSR count). The van der Waals surface area contributed by atoms with Crippen LogP contribution in [0, 0.1) is 69.0 Å². The van der Waals surface area contributed by atoms with Crippen LogP contribution in [-0.4, -0.2) is 199 Å². The van der Waals surface area contributed by atoms with E-state index >= 15 is 0 Å². The summed E-state index contributed by atoms with van der Waals surface area (Å²) in [4.78, 5) is 57.1. The fourth-order valence-corrected chi connectivity index (χ4v) is 17.8. The third kappa shape index (κ3) is 35.8. The van der Waals surface area contributed by atoms with E-state index in [4.69, 9.17) is 18.9 Å². The summed E-state index contributed by atoms with van der Waals surface area (Å²) in [6, 6.07) is 63.6. The standard InChI is InChI=1S/C30H42N2O4.C29H40N2O5.C29H40N2O3.C27H36N2O4/c1-5-6-17-36-29(35)25-10-7-9-24(18-25)13-16-32(4)15-8-14-30(22-31,23(2)3)28-12-11-26(20-33)27(19-28)21-34;1-22(2)29(21-30,27-10-9-25(19-32)26(18-27)20-33)12-6-13-31(3)14-11-23-7-5-8-24(17-23)28(34)36-16-15-35-4;1-5-28(34)17-24-9-6-8-23(16-24)12-15-31(4)14-7-13-29(21-30,22(2)3)27-11-10-25(19-32)26(18-27)20-33;1-20(2)27(19-28,24-11-10-22(17-30)23(16-24)18-31)13-7-14-29(3)15-12-21-8-5-6-9-25(21)26(32)33-4/h7,9-12,18-19,23,33-34H,5-6,8,13-17,20-21H2,1-4H3;5,7-10,17-18,22,32-33H,6,11-16,19-20H2,1-4H3;6,8-11,16,18,22,32-33H,5,7,12-15,17,19-20H2,1-4H3;5-6,8-11,16,20,30-31H,7,12-15,17-18H2,1-4H3. The Bertz CT molecular complexity index is 5100. The Hall–Kier alpha value is -10.7. The van der Waals surface area contributed by atoms with Crippen LogP contribution >= 0.6 is 0 Å². The maximum Gasteiger partial charge on any atom is 0.338 e. The number of rotatable bonds is 56. The number of aliphatic hydroxyl groups excluding tert-OH is 8. The van der Waals surface area contributed by atoms with Crippen molar-refractivity contribution in [3.8, 4) is 24.3 Å². The van der Waals surface area contributed by atoms with Crippen molar-refractivity contribution in [2.24, 2.45) is 23.7 Å². The highest BCUT2D eigenvalue weighted by atomic mass is 16.6. The molecule has 8 aromatic carbocycles. The van der Waals surface area contributed by atoms with E-state index in [-0.39, 0.29) is 107 Å². The van der Waals surface area contributed by atoms with Gasteiger partial charge in [-0.3, -0.25) is 4.79 Å². The van der Waals surface area contributed by atoms with E-state index in [1.165, 1.54) is 12.7 Å². The largest absolute Gasteiger partial charge is 0.465 e. The number of likely N-dealkylation sites (N-methyl/N-ethyl adjacent to an activating group) is 4. The van der Waals surface area contributed by atoms with Crippen molar-refractivity contribution in [1.82, 2.24) is 19.6 Å². The van der Waals surface area contributed by atoms with Crippen molar-refractivity contribution in [3.63, 3.8) is 0 Å². The Kier molecular flexibility index (Phi) is 53.4. The first kappa shape index (κ1) is 119. The molecule has 0 saturated carbocycles. The lowest BCUT2D eigenvalue weighted by Crippen LogP contribution is -2.33. The summed E-state index contributed by atoms with van der Waals surface area (Å²) in [5.41, 5.74) is 13.5. The summed E-state index contributed by atoms with van der Waals surface area (Å²) in [7, 11) is 11.2. The molecular weight excluding hydrogens is 1750 g/mol. The van der Waals surface area contributed by atoms with Crippen molar-refractivity contribution in [1.29, 1.82) is 21.0 Å². The van der Waals surface area contributed by atoms with Crippen LogP contribution < -0.4 is 0 Å². The average Bonchev–Trinajstić information content (AvgIpc) is 0.799. The molecule has 0 saturated heterocycles. The number of carbonyl (C=O) groups excluding carboxylic acids is 4. The van der Waals surface area contributed by atoms with Crippen LogP contribution in [0.4, 0.5) is 0 Å². The second-order valence-electron chi connectivity index (χ2n) is 37.8. The van der Waals surface area contributed by atoms with Gasteiger partial charge in [-0.25, -0.2) is 14.4 Å². The van der Waals surface area contributed by atoms with Crippen LogP contribution in [0.2, 0.25) is 0 Å². The Morgan fingerprint density at radius 1 is 0.331 bits per heavy atom. The van der Waals surface area contributed by atoms with E-state index in [9.17, 15) is 81.1 Å². The van der Waals surface area contributed by atoms with Gasteiger partial charge in [0.05, 0.1) is 136 Å². The van der Waals surface area contributed by atoms with Gasteiger partial charge >= 0.3 is 17.9 Å². The number of esters is 3. The predicted molar refractivity (Wildman–Crippen MR) is 547 cm³/mol. The van der Waals surface area contributed by atoms with Crippen LogP contribution in [-0.2, 0) is 130 Å². The topological polar surface area (TPSA) is 375 Å². The zero-order chi connectivity index (χ0) is 103. The van der Waals surface area contributed by atoms with E-state index in [0.29, 0.717) is 107 Å². The minimum atomic E-state index is -0.670. The zero-order valence-electron chi connectivity index (χ0n) is 85.6. The first-order valence-electron chi connectivity index (χ1n) is 49.3. The molecule has 0 fully saturated rings. The molecule has 139 heavy (non-hydrogen) atoms. The third-order valence-corrected chi connectivity index (χ3v) is 27.3. The molecule has 8 N–H and O–H groups in total. The number of aliphatic hydroxyl groups is 8. The molecule has 8 aromatic rings. The number of hydrogen-bond donors (Lipinski definition) is 8. The first-order valence-corrected chi connectivity index (χ1v) is 49.3. The second kappa shape index (κ2) is 62.5. The van der Waals surface area contributed by atoms with Gasteiger partial charge in [-0.05, 0) is 286 Å². The van der Waals surface area contributed by atoms with Gasteiger partial charge in [-0.15, -0.1) is 0 Å². The number of nitrogens with zero attached hydrogens (tertiary/aromatic N) is 8. The summed E-state index contributed by atoms with van der Waals surface area (Å²) in [5.74, 6) is -0.285. The maximum atomic E-state index is 12.2. The van der Waals surface area contributed by atoms with Crippen LogP contribution in [0.1, 0.15) is 266 Å². The molecule has 4 unspecified atom stereocenters. The highest BCUT2D eigenvalue weighted by molar-refractivity contribution is 5.91. The highest BCUT2D eigenvalue weighted by Gasteiger charge is 2.40. The van der Waals surface area contributed by atoms with Gasteiger partial charge in [-0.1, -0.05) is 215 Å². The molecule has 0 aliphatic heterocycles.